The molecule has 1 amide bonds. The summed E-state index contributed by atoms with van der Waals surface area (Å²) in [5.41, 5.74) is 1.30. The smallest absolute Gasteiger partial charge is 0.252 e. The van der Waals surface area contributed by atoms with E-state index < -0.39 is 10.0 Å². The summed E-state index contributed by atoms with van der Waals surface area (Å²) < 4.78 is 27.6. The van der Waals surface area contributed by atoms with Crippen molar-refractivity contribution in [1.29, 1.82) is 0 Å². The van der Waals surface area contributed by atoms with E-state index in [0.29, 0.717) is 28.6 Å². The van der Waals surface area contributed by atoms with Gasteiger partial charge in [-0.15, -0.1) is 0 Å². The molecule has 5 nitrogen and oxygen atoms in total. The van der Waals surface area contributed by atoms with E-state index in [1.807, 2.05) is 0 Å². The molecular weight excluding hydrogens is 419 g/mol. The summed E-state index contributed by atoms with van der Waals surface area (Å²) in [7, 11) is -3.48. The van der Waals surface area contributed by atoms with E-state index in [-0.39, 0.29) is 16.8 Å². The van der Waals surface area contributed by atoms with E-state index in [1.54, 1.807) is 36.4 Å². The second kappa shape index (κ2) is 9.27. The Morgan fingerprint density at radius 2 is 1.71 bits per heavy atom. The number of amides is 1. The molecule has 1 fully saturated rings. The predicted molar refractivity (Wildman–Crippen MR) is 112 cm³/mol. The highest BCUT2D eigenvalue weighted by Crippen LogP contribution is 2.22. The summed E-state index contributed by atoms with van der Waals surface area (Å²) in [5.74, 6) is -0.276. The van der Waals surface area contributed by atoms with Crippen molar-refractivity contribution in [3.05, 3.63) is 63.6 Å². The molecule has 2 N–H and O–H groups in total. The van der Waals surface area contributed by atoms with Crippen LogP contribution in [-0.4, -0.2) is 26.9 Å². The van der Waals surface area contributed by atoms with Crippen LogP contribution in [0.5, 0.6) is 0 Å². The van der Waals surface area contributed by atoms with Gasteiger partial charge in [0.25, 0.3) is 5.91 Å². The fourth-order valence-corrected chi connectivity index (χ4v) is 5.05. The number of carbonyl (C=O) groups is 1. The largest absolute Gasteiger partial charge is 0.352 e. The van der Waals surface area contributed by atoms with Crippen LogP contribution >= 0.6 is 23.2 Å². The molecule has 0 spiro atoms. The minimum Gasteiger partial charge on any atom is -0.352 e. The van der Waals surface area contributed by atoms with Gasteiger partial charge in [0.05, 0.1) is 15.5 Å². The van der Waals surface area contributed by atoms with Crippen LogP contribution in [0.1, 0.15) is 41.6 Å². The van der Waals surface area contributed by atoms with Gasteiger partial charge in [-0.25, -0.2) is 13.1 Å². The molecule has 0 aliphatic heterocycles. The number of carbonyl (C=O) groups excluding carboxylic acids is 1. The van der Waals surface area contributed by atoms with Gasteiger partial charge in [0.1, 0.15) is 0 Å². The first kappa shape index (κ1) is 21.1. The highest BCUT2D eigenvalue weighted by Gasteiger charge is 2.22. The maximum atomic E-state index is 12.4. The monoisotopic (exact) mass is 440 g/mol. The lowest BCUT2D eigenvalue weighted by Gasteiger charge is -2.13. The van der Waals surface area contributed by atoms with Gasteiger partial charge in [0.15, 0.2) is 0 Å². The Labute approximate surface area is 175 Å². The summed E-state index contributed by atoms with van der Waals surface area (Å²) >= 11 is 11.9. The molecule has 1 aliphatic rings. The summed E-state index contributed by atoms with van der Waals surface area (Å²) in [6.07, 6.45) is 4.51. The van der Waals surface area contributed by atoms with Crippen molar-refractivity contribution in [2.24, 2.45) is 0 Å². The van der Waals surface area contributed by atoms with Crippen LogP contribution in [0.4, 0.5) is 0 Å². The average Bonchev–Trinajstić information content (AvgIpc) is 3.14. The van der Waals surface area contributed by atoms with E-state index in [0.717, 1.165) is 31.2 Å². The Kier molecular flexibility index (Phi) is 6.99. The van der Waals surface area contributed by atoms with Gasteiger partial charge < -0.3 is 5.32 Å². The highest BCUT2D eigenvalue weighted by atomic mass is 35.5. The molecule has 0 heterocycles. The zero-order valence-corrected chi connectivity index (χ0v) is 17.6. The molecule has 0 saturated heterocycles. The van der Waals surface area contributed by atoms with Crippen molar-refractivity contribution in [1.82, 2.24) is 10.0 Å². The van der Waals surface area contributed by atoms with E-state index >= 15 is 0 Å². The first-order valence-electron chi connectivity index (χ1n) is 9.20. The van der Waals surface area contributed by atoms with Gasteiger partial charge in [0, 0.05) is 17.6 Å². The molecule has 8 heteroatoms. The molecule has 150 valence electrons. The van der Waals surface area contributed by atoms with Crippen molar-refractivity contribution < 1.29 is 13.2 Å². The van der Waals surface area contributed by atoms with E-state index in [9.17, 15) is 13.2 Å². The predicted octanol–water partition coefficient (Wildman–Crippen LogP) is 4.19. The zero-order chi connectivity index (χ0) is 20.1. The van der Waals surface area contributed by atoms with Gasteiger partial charge in [-0.3, -0.25) is 4.79 Å². The first-order valence-corrected chi connectivity index (χ1v) is 11.4. The van der Waals surface area contributed by atoms with Gasteiger partial charge in [-0.1, -0.05) is 48.2 Å². The quantitative estimate of drug-likeness (QED) is 0.677. The van der Waals surface area contributed by atoms with E-state index in [1.165, 1.54) is 6.07 Å². The Morgan fingerprint density at radius 3 is 2.36 bits per heavy atom. The Balaban J connectivity index is 1.53. The molecule has 2 aromatic carbocycles. The maximum Gasteiger partial charge on any atom is 0.252 e. The molecule has 1 aliphatic carbocycles. The second-order valence-electron chi connectivity index (χ2n) is 6.88. The van der Waals surface area contributed by atoms with Crippen molar-refractivity contribution in [2.45, 2.75) is 43.0 Å². The Bertz CT molecular complexity index is 940. The van der Waals surface area contributed by atoms with Gasteiger partial charge in [-0.2, -0.15) is 0 Å². The van der Waals surface area contributed by atoms with Crippen molar-refractivity contribution >= 4 is 39.1 Å². The zero-order valence-electron chi connectivity index (χ0n) is 15.3. The maximum absolute atomic E-state index is 12.4. The third-order valence-electron chi connectivity index (χ3n) is 4.79. The number of hydrogen-bond acceptors (Lipinski definition) is 3. The lowest BCUT2D eigenvalue weighted by Crippen LogP contribution is -2.32. The van der Waals surface area contributed by atoms with Crippen molar-refractivity contribution in [2.75, 3.05) is 6.54 Å². The van der Waals surface area contributed by atoms with Crippen LogP contribution < -0.4 is 10.0 Å². The lowest BCUT2D eigenvalue weighted by molar-refractivity contribution is 0.0954. The van der Waals surface area contributed by atoms with Crippen LogP contribution in [0.2, 0.25) is 10.0 Å². The molecule has 0 unspecified atom stereocenters. The fraction of sp³-hybridized carbons (Fsp3) is 0.350. The van der Waals surface area contributed by atoms with Crippen LogP contribution in [0.3, 0.4) is 0 Å². The Hall–Kier alpha value is -1.60. The molecule has 0 aromatic heterocycles. The van der Waals surface area contributed by atoms with Crippen LogP contribution in [0.15, 0.2) is 47.4 Å². The standard InChI is InChI=1S/C20H22Cl2N2O3S/c21-15-7-10-18(19(22)13-15)20(25)23-12-11-14-5-8-17(9-6-14)28(26,27)24-16-3-1-2-4-16/h5-10,13,16,24H,1-4,11-12H2,(H,23,25). The summed E-state index contributed by atoms with van der Waals surface area (Å²) in [6, 6.07) is 11.5. The van der Waals surface area contributed by atoms with Crippen LogP contribution in [-0.2, 0) is 16.4 Å². The molecule has 0 bridgehead atoms. The van der Waals surface area contributed by atoms with Crippen molar-refractivity contribution in [3.8, 4) is 0 Å². The van der Waals surface area contributed by atoms with Gasteiger partial charge in [-0.05, 0) is 55.2 Å². The molecule has 2 aromatic rings. The number of benzene rings is 2. The third kappa shape index (κ3) is 5.47. The SMILES string of the molecule is O=C(NCCc1ccc(S(=O)(=O)NC2CCCC2)cc1)c1ccc(Cl)cc1Cl. The van der Waals surface area contributed by atoms with Gasteiger partial charge >= 0.3 is 0 Å². The number of sulfonamides is 1. The molecule has 28 heavy (non-hydrogen) atoms. The van der Waals surface area contributed by atoms with Crippen molar-refractivity contribution in [3.63, 3.8) is 0 Å². The topological polar surface area (TPSA) is 75.3 Å². The third-order valence-corrected chi connectivity index (χ3v) is 6.87. The summed E-state index contributed by atoms with van der Waals surface area (Å²) in [6.45, 7) is 0.407. The van der Waals surface area contributed by atoms with Crippen LogP contribution in [0.25, 0.3) is 0 Å². The average molecular weight is 441 g/mol. The molecule has 1 saturated carbocycles. The van der Waals surface area contributed by atoms with E-state index in [4.69, 9.17) is 23.2 Å². The number of rotatable bonds is 7. The number of halogens is 2. The fourth-order valence-electron chi connectivity index (χ4n) is 3.26. The minimum absolute atomic E-state index is 0.0413. The molecule has 0 atom stereocenters. The molecule has 0 radical (unpaired) electrons. The Morgan fingerprint density at radius 1 is 1.04 bits per heavy atom. The summed E-state index contributed by atoms with van der Waals surface area (Å²) in [4.78, 5) is 12.5. The van der Waals surface area contributed by atoms with Gasteiger partial charge in [0.2, 0.25) is 10.0 Å². The molecule has 3 rings (SSSR count). The van der Waals surface area contributed by atoms with E-state index in [2.05, 4.69) is 10.0 Å². The first-order chi connectivity index (χ1) is 13.3. The highest BCUT2D eigenvalue weighted by molar-refractivity contribution is 7.89. The van der Waals surface area contributed by atoms with Crippen LogP contribution in [0, 0.1) is 0 Å². The second-order valence-corrected chi connectivity index (χ2v) is 9.43. The minimum atomic E-state index is -3.48. The molecular formula is C20H22Cl2N2O3S. The number of hydrogen-bond donors (Lipinski definition) is 2. The normalized spacial score (nSPS) is 14.9. The number of nitrogens with one attached hydrogen (secondary N) is 2. The summed E-state index contributed by atoms with van der Waals surface area (Å²) in [5, 5.41) is 3.58. The lowest BCUT2D eigenvalue weighted by atomic mass is 10.1.